The second-order valence-corrected chi connectivity index (χ2v) is 19.4. The molecular weight excluding hydrogens is 913 g/mol. The molecule has 0 aliphatic heterocycles. The molecule has 0 N–H and O–H groups in total. The maximum atomic E-state index is 6.37. The second kappa shape index (κ2) is 17.1. The van der Waals surface area contributed by atoms with Crippen LogP contribution >= 0.6 is 0 Å². The van der Waals surface area contributed by atoms with Crippen LogP contribution in [-0.2, 0) is 5.41 Å². The molecule has 11 aromatic carbocycles. The summed E-state index contributed by atoms with van der Waals surface area (Å²) in [5, 5.41) is 1.99. The summed E-state index contributed by atoms with van der Waals surface area (Å²) in [6.45, 7) is 0. The van der Waals surface area contributed by atoms with Gasteiger partial charge >= 0.3 is 0 Å². The van der Waals surface area contributed by atoms with Crippen molar-refractivity contribution in [2.24, 2.45) is 0 Å². The van der Waals surface area contributed by atoms with Gasteiger partial charge in [0.05, 0.1) is 11.1 Å². The number of anilines is 3. The maximum Gasteiger partial charge on any atom is 0.164 e. The molecule has 0 radical (unpaired) electrons. The van der Waals surface area contributed by atoms with E-state index in [2.05, 4.69) is 223 Å². The summed E-state index contributed by atoms with van der Waals surface area (Å²) in [5.41, 5.74) is 21.7. The lowest BCUT2D eigenvalue weighted by Gasteiger charge is -2.32. The number of nitrogens with zero attached hydrogens (tertiary/aromatic N) is 4. The Kier molecular flexibility index (Phi) is 9.72. The Morgan fingerprint density at radius 2 is 0.773 bits per heavy atom. The first-order valence-electron chi connectivity index (χ1n) is 25.5. The Hall–Kier alpha value is -9.97. The lowest BCUT2D eigenvalue weighted by molar-refractivity contribution is 0.669. The van der Waals surface area contributed by atoms with Crippen LogP contribution in [0.4, 0.5) is 17.1 Å². The van der Waals surface area contributed by atoms with Crippen LogP contribution in [0.5, 0.6) is 0 Å². The van der Waals surface area contributed by atoms with Crippen LogP contribution in [0.15, 0.2) is 271 Å². The highest BCUT2D eigenvalue weighted by molar-refractivity contribution is 6.12. The highest BCUT2D eigenvalue weighted by atomic mass is 16.3. The molecule has 13 aromatic rings. The molecule has 2 aromatic heterocycles. The van der Waals surface area contributed by atoms with Gasteiger partial charge in [0.2, 0.25) is 0 Å². The van der Waals surface area contributed by atoms with E-state index in [1.54, 1.807) is 0 Å². The molecule has 0 saturated carbocycles. The molecule has 5 heteroatoms. The van der Waals surface area contributed by atoms with Crippen molar-refractivity contribution in [3.8, 4) is 78.7 Å². The Morgan fingerprint density at radius 3 is 1.47 bits per heavy atom. The van der Waals surface area contributed by atoms with Gasteiger partial charge < -0.3 is 9.32 Å². The smallest absolute Gasteiger partial charge is 0.164 e. The van der Waals surface area contributed by atoms with Gasteiger partial charge in [-0.2, -0.15) is 0 Å². The van der Waals surface area contributed by atoms with Crippen LogP contribution < -0.4 is 4.90 Å². The number of rotatable bonds is 8. The maximum absolute atomic E-state index is 6.37. The minimum Gasteiger partial charge on any atom is -0.456 e. The highest BCUT2D eigenvalue weighted by Crippen LogP contribution is 2.64. The predicted molar refractivity (Wildman–Crippen MR) is 305 cm³/mol. The molecular formula is C70H44N4O. The molecule has 2 heterocycles. The SMILES string of the molecule is c1ccc(-c2ccc(-c3ccc(N(c4cccc(-c5nc(-c6ccccc6)nc(-c6cccc7oc8ccccc8c67)n5)c4)c4cccc5c4-c4ccccc4C54c5ccccc5-c5ccccc54)cc3)cc2)cc1. The van der Waals surface area contributed by atoms with E-state index >= 15 is 0 Å². The zero-order chi connectivity index (χ0) is 49.5. The Bertz CT molecular complexity index is 4310. The average Bonchev–Trinajstić information content (AvgIpc) is 4.34. The number of furan rings is 1. The fourth-order valence-corrected chi connectivity index (χ4v) is 12.1. The van der Waals surface area contributed by atoms with Crippen LogP contribution in [0, 0.1) is 0 Å². The lowest BCUT2D eigenvalue weighted by Crippen LogP contribution is -2.26. The third-order valence-electron chi connectivity index (χ3n) is 15.4. The van der Waals surface area contributed by atoms with E-state index < -0.39 is 5.41 Å². The standard InChI is InChI=1S/C70H44N4O/c1-3-18-45(19-4-1)46-36-38-47(39-37-46)48-40-42-51(43-41-48)74(62-33-17-32-61-66(62)55-26-9-13-31-60(55)70(61)58-29-11-7-24-53(58)54-25-8-12-30-59(54)70)52-23-15-22-50(44-52)68-71-67(49-20-5-2-6-21-49)72-69(73-68)57-28-16-35-64-65(57)56-27-10-14-34-63(56)75-64/h1-44H. The van der Waals surface area contributed by atoms with Gasteiger partial charge in [-0.15, -0.1) is 0 Å². The molecule has 75 heavy (non-hydrogen) atoms. The molecule has 350 valence electrons. The largest absolute Gasteiger partial charge is 0.456 e. The molecule has 15 rings (SSSR count). The average molecular weight is 957 g/mol. The van der Waals surface area contributed by atoms with E-state index in [9.17, 15) is 0 Å². The van der Waals surface area contributed by atoms with E-state index in [4.69, 9.17) is 19.4 Å². The number of hydrogen-bond acceptors (Lipinski definition) is 5. The molecule has 0 unspecified atom stereocenters. The third kappa shape index (κ3) is 6.68. The van der Waals surface area contributed by atoms with Crippen molar-refractivity contribution < 1.29 is 4.42 Å². The fraction of sp³-hybridized carbons (Fsp3) is 0.0143. The van der Waals surface area contributed by atoms with Gasteiger partial charge in [-0.3, -0.25) is 0 Å². The molecule has 0 saturated heterocycles. The van der Waals surface area contributed by atoms with Crippen molar-refractivity contribution in [2.75, 3.05) is 4.90 Å². The molecule has 0 amide bonds. The number of aromatic nitrogens is 3. The summed E-state index contributed by atoms with van der Waals surface area (Å²) >= 11 is 0. The fourth-order valence-electron chi connectivity index (χ4n) is 12.1. The molecule has 0 atom stereocenters. The van der Waals surface area contributed by atoms with Crippen molar-refractivity contribution in [1.29, 1.82) is 0 Å². The van der Waals surface area contributed by atoms with Crippen molar-refractivity contribution in [2.45, 2.75) is 5.41 Å². The van der Waals surface area contributed by atoms with Gasteiger partial charge in [0, 0.05) is 44.4 Å². The van der Waals surface area contributed by atoms with Crippen LogP contribution in [-0.4, -0.2) is 15.0 Å². The van der Waals surface area contributed by atoms with Gasteiger partial charge in [-0.05, 0) is 104 Å². The van der Waals surface area contributed by atoms with E-state index in [1.165, 1.54) is 55.6 Å². The molecule has 1 spiro atoms. The minimum atomic E-state index is -0.503. The Balaban J connectivity index is 0.931. The van der Waals surface area contributed by atoms with Crippen LogP contribution in [0.1, 0.15) is 22.3 Å². The number of hydrogen-bond donors (Lipinski definition) is 0. The summed E-state index contributed by atoms with van der Waals surface area (Å²) in [6.07, 6.45) is 0. The molecule has 0 bridgehead atoms. The van der Waals surface area contributed by atoms with Gasteiger partial charge in [0.15, 0.2) is 17.5 Å². The number of benzene rings is 11. The van der Waals surface area contributed by atoms with Crippen molar-refractivity contribution in [3.05, 3.63) is 289 Å². The number of fused-ring (bicyclic) bond motifs is 13. The summed E-state index contributed by atoms with van der Waals surface area (Å²) in [4.78, 5) is 18.2. The van der Waals surface area contributed by atoms with Crippen molar-refractivity contribution in [1.82, 2.24) is 15.0 Å². The molecule has 0 fully saturated rings. The normalized spacial score (nSPS) is 12.6. The van der Waals surface area contributed by atoms with Crippen LogP contribution in [0.3, 0.4) is 0 Å². The van der Waals surface area contributed by atoms with Crippen molar-refractivity contribution >= 4 is 39.0 Å². The zero-order valence-corrected chi connectivity index (χ0v) is 40.6. The minimum absolute atomic E-state index is 0.503. The van der Waals surface area contributed by atoms with E-state index in [0.717, 1.165) is 66.8 Å². The first-order valence-corrected chi connectivity index (χ1v) is 25.5. The summed E-state index contributed by atoms with van der Waals surface area (Å²) in [7, 11) is 0. The zero-order valence-electron chi connectivity index (χ0n) is 40.6. The van der Waals surface area contributed by atoms with Gasteiger partial charge in [-0.25, -0.2) is 15.0 Å². The van der Waals surface area contributed by atoms with Gasteiger partial charge in [0.25, 0.3) is 0 Å². The molecule has 2 aliphatic rings. The van der Waals surface area contributed by atoms with E-state index in [1.807, 2.05) is 48.5 Å². The second-order valence-electron chi connectivity index (χ2n) is 19.4. The third-order valence-corrected chi connectivity index (χ3v) is 15.4. The first kappa shape index (κ1) is 42.7. The summed E-state index contributed by atoms with van der Waals surface area (Å²) in [6, 6.07) is 95.4. The molecule has 2 aliphatic carbocycles. The predicted octanol–water partition coefficient (Wildman–Crippen LogP) is 17.9. The summed E-state index contributed by atoms with van der Waals surface area (Å²) < 4.78 is 6.37. The summed E-state index contributed by atoms with van der Waals surface area (Å²) in [5.74, 6) is 1.74. The van der Waals surface area contributed by atoms with Gasteiger partial charge in [-0.1, -0.05) is 224 Å². The van der Waals surface area contributed by atoms with Gasteiger partial charge in [0.1, 0.15) is 11.2 Å². The van der Waals surface area contributed by atoms with Crippen LogP contribution in [0.25, 0.3) is 101 Å². The monoisotopic (exact) mass is 956 g/mol. The quantitative estimate of drug-likeness (QED) is 0.152. The lowest BCUT2D eigenvalue weighted by atomic mass is 9.70. The van der Waals surface area contributed by atoms with E-state index in [-0.39, 0.29) is 0 Å². The Morgan fingerprint density at radius 1 is 0.307 bits per heavy atom. The van der Waals surface area contributed by atoms with Crippen LogP contribution in [0.2, 0.25) is 0 Å². The highest BCUT2D eigenvalue weighted by Gasteiger charge is 2.52. The first-order chi connectivity index (χ1) is 37.2. The number of para-hydroxylation sites is 1. The van der Waals surface area contributed by atoms with E-state index in [0.29, 0.717) is 17.5 Å². The Labute approximate surface area is 434 Å². The van der Waals surface area contributed by atoms with Crippen molar-refractivity contribution in [3.63, 3.8) is 0 Å². The molecule has 5 nitrogen and oxygen atoms in total. The topological polar surface area (TPSA) is 55.1 Å².